The van der Waals surface area contributed by atoms with Crippen LogP contribution in [0.1, 0.15) is 12.0 Å². The van der Waals surface area contributed by atoms with Crippen LogP contribution in [0.5, 0.6) is 0 Å². The molecule has 0 fully saturated rings. The van der Waals surface area contributed by atoms with Gasteiger partial charge in [0.05, 0.1) is 10.9 Å². The second kappa shape index (κ2) is 6.52. The van der Waals surface area contributed by atoms with Gasteiger partial charge in [-0.2, -0.15) is 0 Å². The monoisotopic (exact) mass is 295 g/mol. The van der Waals surface area contributed by atoms with Crippen molar-refractivity contribution in [3.05, 3.63) is 66.2 Å². The number of halogens is 1. The first-order valence-electron chi connectivity index (χ1n) is 7.40. The maximum absolute atomic E-state index is 14.1. The Morgan fingerprint density at radius 3 is 2.64 bits per heavy atom. The van der Waals surface area contributed by atoms with E-state index in [-0.39, 0.29) is 5.82 Å². The van der Waals surface area contributed by atoms with Crippen molar-refractivity contribution in [2.75, 3.05) is 18.5 Å². The molecule has 0 bridgehead atoms. The van der Waals surface area contributed by atoms with E-state index in [9.17, 15) is 4.39 Å². The van der Waals surface area contributed by atoms with Crippen molar-refractivity contribution < 1.29 is 4.39 Å². The van der Waals surface area contributed by atoms with Crippen LogP contribution in [0.2, 0.25) is 0 Å². The van der Waals surface area contributed by atoms with Gasteiger partial charge in [0.2, 0.25) is 0 Å². The maximum Gasteiger partial charge on any atom is 0.142 e. The standard InChI is InChI=1S/C18H18FN3/c1-22(12-6-9-14-7-3-2-4-8-14)18-17-15(19)10-5-11-16(17)20-13-21-18/h2-5,7-8,10-11,13H,6,9,12H2,1H3. The number of benzene rings is 2. The van der Waals surface area contributed by atoms with E-state index in [0.717, 1.165) is 19.4 Å². The minimum absolute atomic E-state index is 0.275. The van der Waals surface area contributed by atoms with Crippen molar-refractivity contribution in [3.63, 3.8) is 0 Å². The predicted molar refractivity (Wildman–Crippen MR) is 87.5 cm³/mol. The van der Waals surface area contributed by atoms with Crippen molar-refractivity contribution in [2.45, 2.75) is 12.8 Å². The zero-order valence-electron chi connectivity index (χ0n) is 12.5. The fourth-order valence-corrected chi connectivity index (χ4v) is 2.61. The smallest absolute Gasteiger partial charge is 0.142 e. The lowest BCUT2D eigenvalue weighted by Crippen LogP contribution is -2.21. The van der Waals surface area contributed by atoms with Crippen molar-refractivity contribution in [2.24, 2.45) is 0 Å². The van der Waals surface area contributed by atoms with Gasteiger partial charge in [-0.1, -0.05) is 36.4 Å². The fourth-order valence-electron chi connectivity index (χ4n) is 2.61. The van der Waals surface area contributed by atoms with E-state index in [1.165, 1.54) is 18.0 Å². The van der Waals surface area contributed by atoms with Gasteiger partial charge in [-0.25, -0.2) is 14.4 Å². The van der Waals surface area contributed by atoms with Crippen LogP contribution in [0.3, 0.4) is 0 Å². The van der Waals surface area contributed by atoms with E-state index >= 15 is 0 Å². The molecule has 0 aliphatic rings. The molecule has 0 spiro atoms. The summed E-state index contributed by atoms with van der Waals surface area (Å²) < 4.78 is 14.1. The first-order chi connectivity index (χ1) is 10.8. The average molecular weight is 295 g/mol. The summed E-state index contributed by atoms with van der Waals surface area (Å²) in [6.07, 6.45) is 3.47. The SMILES string of the molecule is CN(CCCc1ccccc1)c1ncnc2cccc(F)c12. The molecule has 0 radical (unpaired) electrons. The lowest BCUT2D eigenvalue weighted by atomic mass is 10.1. The highest BCUT2D eigenvalue weighted by Gasteiger charge is 2.12. The summed E-state index contributed by atoms with van der Waals surface area (Å²) in [6, 6.07) is 15.3. The van der Waals surface area contributed by atoms with Crippen molar-refractivity contribution in [3.8, 4) is 0 Å². The number of rotatable bonds is 5. The highest BCUT2D eigenvalue weighted by molar-refractivity contribution is 5.89. The van der Waals surface area contributed by atoms with Gasteiger partial charge in [0.1, 0.15) is 18.0 Å². The number of aromatic nitrogens is 2. The second-order valence-corrected chi connectivity index (χ2v) is 5.34. The molecule has 0 aliphatic heterocycles. The predicted octanol–water partition coefficient (Wildman–Crippen LogP) is 3.84. The Morgan fingerprint density at radius 1 is 1.00 bits per heavy atom. The fraction of sp³-hybridized carbons (Fsp3) is 0.222. The third kappa shape index (κ3) is 3.06. The summed E-state index contributed by atoms with van der Waals surface area (Å²) in [5, 5.41) is 0.493. The van der Waals surface area contributed by atoms with Crippen molar-refractivity contribution >= 4 is 16.7 Å². The molecule has 112 valence electrons. The Hall–Kier alpha value is -2.49. The normalized spacial score (nSPS) is 10.8. The first kappa shape index (κ1) is 14.4. The Kier molecular flexibility index (Phi) is 4.28. The number of anilines is 1. The zero-order valence-corrected chi connectivity index (χ0v) is 12.5. The van der Waals surface area contributed by atoms with Crippen LogP contribution in [0, 0.1) is 5.82 Å². The minimum Gasteiger partial charge on any atom is -0.359 e. The second-order valence-electron chi connectivity index (χ2n) is 5.34. The lowest BCUT2D eigenvalue weighted by Gasteiger charge is -2.19. The number of fused-ring (bicyclic) bond motifs is 1. The summed E-state index contributed by atoms with van der Waals surface area (Å²) in [6.45, 7) is 0.815. The van der Waals surface area contributed by atoms with Gasteiger partial charge in [-0.05, 0) is 30.5 Å². The van der Waals surface area contributed by atoms with Crippen molar-refractivity contribution in [1.29, 1.82) is 0 Å². The lowest BCUT2D eigenvalue weighted by molar-refractivity contribution is 0.638. The van der Waals surface area contributed by atoms with Crippen molar-refractivity contribution in [1.82, 2.24) is 9.97 Å². The quantitative estimate of drug-likeness (QED) is 0.716. The van der Waals surface area contributed by atoms with Crippen LogP contribution < -0.4 is 4.90 Å². The Morgan fingerprint density at radius 2 is 1.82 bits per heavy atom. The van der Waals surface area contributed by atoms with Crippen LogP contribution in [-0.2, 0) is 6.42 Å². The highest BCUT2D eigenvalue weighted by atomic mass is 19.1. The summed E-state index contributed by atoms with van der Waals surface area (Å²) >= 11 is 0. The summed E-state index contributed by atoms with van der Waals surface area (Å²) in [5.41, 5.74) is 1.95. The maximum atomic E-state index is 14.1. The minimum atomic E-state index is -0.275. The van der Waals surface area contributed by atoms with Crippen LogP contribution in [0.4, 0.5) is 10.2 Å². The highest BCUT2D eigenvalue weighted by Crippen LogP contribution is 2.24. The van der Waals surface area contributed by atoms with Gasteiger partial charge in [0.25, 0.3) is 0 Å². The molecule has 0 atom stereocenters. The zero-order chi connectivity index (χ0) is 15.4. The topological polar surface area (TPSA) is 29.0 Å². The van der Waals surface area contributed by atoms with Gasteiger partial charge >= 0.3 is 0 Å². The molecule has 3 rings (SSSR count). The van der Waals surface area contributed by atoms with Crippen LogP contribution in [-0.4, -0.2) is 23.6 Å². The van der Waals surface area contributed by atoms with Gasteiger partial charge in [0.15, 0.2) is 0 Å². The third-order valence-corrected chi connectivity index (χ3v) is 3.76. The molecule has 2 aromatic carbocycles. The first-order valence-corrected chi connectivity index (χ1v) is 7.40. The summed E-state index contributed by atoms with van der Waals surface area (Å²) in [7, 11) is 1.94. The van der Waals surface area contributed by atoms with Gasteiger partial charge in [-0.15, -0.1) is 0 Å². The average Bonchev–Trinajstić information content (AvgIpc) is 2.55. The third-order valence-electron chi connectivity index (χ3n) is 3.76. The van der Waals surface area contributed by atoms with E-state index in [4.69, 9.17) is 0 Å². The van der Waals surface area contributed by atoms with Gasteiger partial charge in [0, 0.05) is 13.6 Å². The van der Waals surface area contributed by atoms with Crippen LogP contribution >= 0.6 is 0 Å². The van der Waals surface area contributed by atoms with E-state index < -0.39 is 0 Å². The number of hydrogen-bond donors (Lipinski definition) is 0. The van der Waals surface area contributed by atoms with Crippen LogP contribution in [0.25, 0.3) is 10.9 Å². The molecule has 4 heteroatoms. The summed E-state index contributed by atoms with van der Waals surface area (Å²) in [4.78, 5) is 10.4. The Labute approximate surface area is 129 Å². The molecule has 0 unspecified atom stereocenters. The molecule has 1 aromatic heterocycles. The number of nitrogens with zero attached hydrogens (tertiary/aromatic N) is 3. The molecule has 0 aliphatic carbocycles. The molecular weight excluding hydrogens is 277 g/mol. The van der Waals surface area contributed by atoms with E-state index in [1.54, 1.807) is 12.1 Å². The molecule has 0 N–H and O–H groups in total. The summed E-state index contributed by atoms with van der Waals surface area (Å²) in [5.74, 6) is 0.374. The Balaban J connectivity index is 1.74. The van der Waals surface area contributed by atoms with Crippen LogP contribution in [0.15, 0.2) is 54.9 Å². The Bertz CT molecular complexity index is 753. The van der Waals surface area contributed by atoms with E-state index in [1.807, 2.05) is 30.1 Å². The molecule has 1 heterocycles. The molecular formula is C18H18FN3. The molecule has 22 heavy (non-hydrogen) atoms. The molecule has 3 aromatic rings. The van der Waals surface area contributed by atoms with Gasteiger partial charge < -0.3 is 4.90 Å². The number of aryl methyl sites for hydroxylation is 1. The molecule has 0 amide bonds. The van der Waals surface area contributed by atoms with Gasteiger partial charge in [-0.3, -0.25) is 0 Å². The number of hydrogen-bond acceptors (Lipinski definition) is 3. The van der Waals surface area contributed by atoms with E-state index in [2.05, 4.69) is 22.1 Å². The van der Waals surface area contributed by atoms with E-state index in [0.29, 0.717) is 16.7 Å². The molecule has 0 saturated carbocycles. The molecule has 3 nitrogen and oxygen atoms in total. The molecule has 0 saturated heterocycles. The largest absolute Gasteiger partial charge is 0.359 e.